The van der Waals surface area contributed by atoms with Gasteiger partial charge in [0.15, 0.2) is 0 Å². The van der Waals surface area contributed by atoms with Crippen LogP contribution >= 0.6 is 11.3 Å². The van der Waals surface area contributed by atoms with Gasteiger partial charge in [0.25, 0.3) is 0 Å². The summed E-state index contributed by atoms with van der Waals surface area (Å²) in [5.41, 5.74) is 0.481. The number of halogens is 2. The molecule has 3 fully saturated rings. The molecule has 1 aromatic heterocycles. The number of thiophene rings is 1. The van der Waals surface area contributed by atoms with Gasteiger partial charge in [-0.3, -0.25) is 4.79 Å². The second kappa shape index (κ2) is 10.6. The van der Waals surface area contributed by atoms with Crippen molar-refractivity contribution >= 4 is 28.9 Å². The van der Waals surface area contributed by atoms with E-state index < -0.39 is 11.9 Å². The number of alkyl halides is 2. The van der Waals surface area contributed by atoms with Crippen molar-refractivity contribution in [2.45, 2.75) is 108 Å². The molecule has 3 aliphatic carbocycles. The molecule has 1 amide bonds. The predicted octanol–water partition coefficient (Wildman–Crippen LogP) is 6.86. The monoisotopic (exact) mass is 497 g/mol. The number of hydrogen-bond acceptors (Lipinski definition) is 4. The molecule has 5 nitrogen and oxygen atoms in total. The zero-order valence-corrected chi connectivity index (χ0v) is 21.0. The van der Waals surface area contributed by atoms with Gasteiger partial charge in [-0.05, 0) is 82.1 Å². The van der Waals surface area contributed by atoms with Crippen LogP contribution in [-0.4, -0.2) is 42.2 Å². The molecule has 0 aromatic carbocycles. The first-order chi connectivity index (χ1) is 16.2. The maximum Gasteiger partial charge on any atom is 0.348 e. The van der Waals surface area contributed by atoms with E-state index in [1.54, 1.807) is 12.0 Å². The summed E-state index contributed by atoms with van der Waals surface area (Å²) < 4.78 is 33.0. The number of anilines is 1. The van der Waals surface area contributed by atoms with E-state index in [1.807, 2.05) is 6.07 Å². The zero-order valence-electron chi connectivity index (χ0n) is 20.2. The first-order valence-corrected chi connectivity index (χ1v) is 13.6. The lowest BCUT2D eigenvalue weighted by Gasteiger charge is -2.39. The third kappa shape index (κ3) is 5.64. The molecule has 0 saturated heterocycles. The molecule has 8 heteroatoms. The molecule has 0 unspecified atom stereocenters. The maximum absolute atomic E-state index is 13.9. The Bertz CT molecular complexity index is 862. The Hall–Kier alpha value is -1.54. The minimum atomic E-state index is -2.63. The number of carboxylic acid groups (broad SMARTS) is 1. The van der Waals surface area contributed by atoms with Gasteiger partial charge in [-0.2, -0.15) is 0 Å². The highest BCUT2D eigenvalue weighted by molar-refractivity contribution is 7.14. The Kier molecular flexibility index (Phi) is 7.97. The fraction of sp³-hybridized carbons (Fsp3) is 0.769. The molecule has 4 rings (SSSR count). The Labute approximate surface area is 204 Å². The SMILES string of the molecule is COC1CCC(N(C(=O)C2CCC(C)CC2)c2cc(C3CCC(F)(F)CC3)sc2C(=O)O)CC1. The van der Waals surface area contributed by atoms with Crippen molar-refractivity contribution in [1.29, 1.82) is 0 Å². The second-order valence-corrected chi connectivity index (χ2v) is 11.7. The number of ether oxygens (including phenoxy) is 1. The third-order valence-electron chi connectivity index (χ3n) is 8.25. The van der Waals surface area contributed by atoms with Gasteiger partial charge in [0.1, 0.15) is 4.88 Å². The smallest absolute Gasteiger partial charge is 0.348 e. The minimum Gasteiger partial charge on any atom is -0.477 e. The quantitative estimate of drug-likeness (QED) is 0.466. The maximum atomic E-state index is 13.9. The fourth-order valence-electron chi connectivity index (χ4n) is 6.00. The van der Waals surface area contributed by atoms with Crippen LogP contribution in [0.3, 0.4) is 0 Å². The number of amides is 1. The molecule has 0 bridgehead atoms. The molecule has 0 spiro atoms. The topological polar surface area (TPSA) is 66.8 Å². The third-order valence-corrected chi connectivity index (χ3v) is 9.52. The number of carboxylic acids is 1. The van der Waals surface area contributed by atoms with E-state index in [2.05, 4.69) is 6.92 Å². The number of carbonyl (C=O) groups is 2. The van der Waals surface area contributed by atoms with Gasteiger partial charge in [0, 0.05) is 36.8 Å². The van der Waals surface area contributed by atoms with E-state index in [0.29, 0.717) is 24.4 Å². The molecule has 0 atom stereocenters. The lowest BCUT2D eigenvalue weighted by molar-refractivity contribution is -0.124. The summed E-state index contributed by atoms with van der Waals surface area (Å²) in [6, 6.07) is 1.78. The number of nitrogens with zero attached hydrogens (tertiary/aromatic N) is 1. The highest BCUT2D eigenvalue weighted by atomic mass is 32.1. The largest absolute Gasteiger partial charge is 0.477 e. The molecule has 34 heavy (non-hydrogen) atoms. The van der Waals surface area contributed by atoms with Crippen molar-refractivity contribution in [2.75, 3.05) is 12.0 Å². The van der Waals surface area contributed by atoms with Gasteiger partial charge in [0.05, 0.1) is 11.8 Å². The summed E-state index contributed by atoms with van der Waals surface area (Å²) in [4.78, 5) is 29.0. The van der Waals surface area contributed by atoms with Crippen molar-refractivity contribution in [2.24, 2.45) is 11.8 Å². The normalized spacial score (nSPS) is 30.1. The average molecular weight is 498 g/mol. The van der Waals surface area contributed by atoms with Crippen molar-refractivity contribution in [3.05, 3.63) is 15.8 Å². The van der Waals surface area contributed by atoms with Crippen LogP contribution in [0.5, 0.6) is 0 Å². The van der Waals surface area contributed by atoms with E-state index in [9.17, 15) is 23.5 Å². The van der Waals surface area contributed by atoms with Gasteiger partial charge in [-0.1, -0.05) is 6.92 Å². The van der Waals surface area contributed by atoms with E-state index in [-0.39, 0.29) is 47.6 Å². The van der Waals surface area contributed by atoms with E-state index in [0.717, 1.165) is 56.2 Å². The molecule has 1 heterocycles. The standard InChI is InChI=1S/C26H37F2NO4S/c1-16-3-5-18(6-4-16)24(30)29(19-7-9-20(33-2)10-8-19)21-15-22(34-23(21)25(31)32)17-11-13-26(27,28)14-12-17/h15-20H,3-14H2,1-2H3,(H,31,32). The van der Waals surface area contributed by atoms with Crippen LogP contribution in [0.25, 0.3) is 0 Å². The number of hydrogen-bond donors (Lipinski definition) is 1. The number of carbonyl (C=O) groups excluding carboxylic acids is 1. The van der Waals surface area contributed by atoms with Crippen molar-refractivity contribution in [1.82, 2.24) is 0 Å². The lowest BCUT2D eigenvalue weighted by atomic mass is 9.81. The van der Waals surface area contributed by atoms with Crippen molar-refractivity contribution in [3.8, 4) is 0 Å². The number of rotatable bonds is 6. The van der Waals surface area contributed by atoms with Gasteiger partial charge < -0.3 is 14.7 Å². The molecule has 1 aromatic rings. The Balaban J connectivity index is 1.65. The fourth-order valence-corrected chi connectivity index (χ4v) is 7.15. The molecule has 190 valence electrons. The summed E-state index contributed by atoms with van der Waals surface area (Å²) in [6.07, 6.45) is 7.43. The van der Waals surface area contributed by atoms with E-state index >= 15 is 0 Å². The summed E-state index contributed by atoms with van der Waals surface area (Å²) in [5, 5.41) is 10.0. The minimum absolute atomic E-state index is 0.0368. The lowest BCUT2D eigenvalue weighted by Crippen LogP contribution is -2.47. The Morgan fingerprint density at radius 1 is 1.03 bits per heavy atom. The number of methoxy groups -OCH3 is 1. The van der Waals surface area contributed by atoms with E-state index in [1.165, 1.54) is 11.3 Å². The van der Waals surface area contributed by atoms with Crippen LogP contribution in [-0.2, 0) is 9.53 Å². The van der Waals surface area contributed by atoms with Crippen LogP contribution in [0.2, 0.25) is 0 Å². The summed E-state index contributed by atoms with van der Waals surface area (Å²) >= 11 is 1.17. The average Bonchev–Trinajstić information content (AvgIpc) is 3.25. The van der Waals surface area contributed by atoms with Gasteiger partial charge in [-0.25, -0.2) is 13.6 Å². The second-order valence-electron chi connectivity index (χ2n) is 10.6. The van der Waals surface area contributed by atoms with Crippen LogP contribution in [0, 0.1) is 11.8 Å². The van der Waals surface area contributed by atoms with Gasteiger partial charge in [-0.15, -0.1) is 11.3 Å². The highest BCUT2D eigenvalue weighted by Crippen LogP contribution is 2.46. The molecule has 3 saturated carbocycles. The summed E-state index contributed by atoms with van der Waals surface area (Å²) in [6.45, 7) is 2.21. The van der Waals surface area contributed by atoms with E-state index in [4.69, 9.17) is 4.74 Å². The zero-order chi connectivity index (χ0) is 24.5. The number of aromatic carboxylic acids is 1. The first-order valence-electron chi connectivity index (χ1n) is 12.8. The predicted molar refractivity (Wildman–Crippen MR) is 129 cm³/mol. The molecule has 1 N–H and O–H groups in total. The van der Waals surface area contributed by atoms with Crippen LogP contribution in [0.4, 0.5) is 14.5 Å². The molecular weight excluding hydrogens is 460 g/mol. The molecule has 0 radical (unpaired) electrons. The van der Waals surface area contributed by atoms with Gasteiger partial charge >= 0.3 is 5.97 Å². The molecule has 0 aliphatic heterocycles. The summed E-state index contributed by atoms with van der Waals surface area (Å²) in [7, 11) is 1.71. The van der Waals surface area contributed by atoms with Crippen LogP contribution < -0.4 is 4.90 Å². The highest BCUT2D eigenvalue weighted by Gasteiger charge is 2.40. The van der Waals surface area contributed by atoms with Crippen molar-refractivity contribution in [3.63, 3.8) is 0 Å². The van der Waals surface area contributed by atoms with Crippen LogP contribution in [0.15, 0.2) is 6.07 Å². The molecular formula is C26H37F2NO4S. The Morgan fingerprint density at radius 3 is 2.21 bits per heavy atom. The summed E-state index contributed by atoms with van der Waals surface area (Å²) in [5.74, 6) is -3.20. The first kappa shape index (κ1) is 25.5. The Morgan fingerprint density at radius 2 is 1.65 bits per heavy atom. The van der Waals surface area contributed by atoms with Gasteiger partial charge in [0.2, 0.25) is 11.8 Å². The van der Waals surface area contributed by atoms with Crippen LogP contribution in [0.1, 0.15) is 104 Å². The molecule has 3 aliphatic rings. The van der Waals surface area contributed by atoms with Crippen molar-refractivity contribution < 1.29 is 28.2 Å².